The molecular formula is C9H12Br2O. The topological polar surface area (TPSA) is 17.1 Å². The maximum atomic E-state index is 11.0. The third-order valence-electron chi connectivity index (χ3n) is 1.42. The molecule has 0 saturated heterocycles. The zero-order chi connectivity index (χ0) is 7.40. The van der Waals surface area contributed by atoms with Crippen LogP contribution in [0.1, 0.15) is 23.7 Å². The summed E-state index contributed by atoms with van der Waals surface area (Å²) in [5, 5.41) is 0. The van der Waals surface area contributed by atoms with E-state index in [1.807, 2.05) is 37.3 Å². The molecule has 0 aliphatic carbocycles. The average Bonchev–Trinajstić information content (AvgIpc) is 2.05. The van der Waals surface area contributed by atoms with E-state index in [4.69, 9.17) is 0 Å². The number of Topliss-reactive ketones (excluding diaryl/α,β-unsaturated/α-hetero) is 1. The molecule has 1 aromatic carbocycles. The predicted octanol–water partition coefficient (Wildman–Crippen LogP) is 3.44. The maximum Gasteiger partial charge on any atom is 0.162 e. The van der Waals surface area contributed by atoms with Crippen LogP contribution in [0.25, 0.3) is 0 Å². The summed E-state index contributed by atoms with van der Waals surface area (Å²) in [7, 11) is 0. The van der Waals surface area contributed by atoms with E-state index in [-0.39, 0.29) is 39.7 Å². The second-order valence-electron chi connectivity index (χ2n) is 2.14. The SMILES string of the molecule is Br.Br.CCC(=O)c1ccccc1. The van der Waals surface area contributed by atoms with Crippen LogP contribution in [0.5, 0.6) is 0 Å². The van der Waals surface area contributed by atoms with Crippen molar-refractivity contribution in [3.8, 4) is 0 Å². The Morgan fingerprint density at radius 1 is 1.17 bits per heavy atom. The van der Waals surface area contributed by atoms with E-state index in [1.54, 1.807) is 0 Å². The van der Waals surface area contributed by atoms with Gasteiger partial charge in [-0.05, 0) is 0 Å². The van der Waals surface area contributed by atoms with Gasteiger partial charge in [-0.25, -0.2) is 0 Å². The summed E-state index contributed by atoms with van der Waals surface area (Å²) in [5.74, 6) is 0.209. The molecule has 1 rings (SSSR count). The van der Waals surface area contributed by atoms with Crippen molar-refractivity contribution in [2.24, 2.45) is 0 Å². The van der Waals surface area contributed by atoms with E-state index < -0.39 is 0 Å². The minimum absolute atomic E-state index is 0. The number of benzene rings is 1. The Morgan fingerprint density at radius 2 is 1.67 bits per heavy atom. The third-order valence-corrected chi connectivity index (χ3v) is 1.42. The Kier molecular flexibility index (Phi) is 8.98. The molecule has 0 aromatic heterocycles. The Balaban J connectivity index is 0. The molecular weight excluding hydrogens is 284 g/mol. The van der Waals surface area contributed by atoms with Gasteiger partial charge in [0.2, 0.25) is 0 Å². The summed E-state index contributed by atoms with van der Waals surface area (Å²) in [5.41, 5.74) is 0.810. The van der Waals surface area contributed by atoms with Gasteiger partial charge in [0.05, 0.1) is 0 Å². The van der Waals surface area contributed by atoms with Gasteiger partial charge >= 0.3 is 0 Å². The molecule has 0 amide bonds. The average molecular weight is 296 g/mol. The molecule has 1 nitrogen and oxygen atoms in total. The van der Waals surface area contributed by atoms with E-state index in [9.17, 15) is 4.79 Å². The highest BCUT2D eigenvalue weighted by Gasteiger charge is 1.98. The Hall–Kier alpha value is -0.150. The number of carbonyl (C=O) groups is 1. The van der Waals surface area contributed by atoms with Gasteiger partial charge in [0.15, 0.2) is 5.78 Å². The van der Waals surface area contributed by atoms with Crippen LogP contribution in [0, 0.1) is 0 Å². The van der Waals surface area contributed by atoms with Crippen LogP contribution in [0.2, 0.25) is 0 Å². The summed E-state index contributed by atoms with van der Waals surface area (Å²) in [6.45, 7) is 1.87. The number of carbonyl (C=O) groups excluding carboxylic acids is 1. The highest BCUT2D eigenvalue weighted by Crippen LogP contribution is 2.01. The van der Waals surface area contributed by atoms with Gasteiger partial charge in [-0.2, -0.15) is 0 Å². The van der Waals surface area contributed by atoms with Crippen LogP contribution in [0.15, 0.2) is 30.3 Å². The first-order chi connectivity index (χ1) is 4.84. The lowest BCUT2D eigenvalue weighted by atomic mass is 10.1. The third kappa shape index (κ3) is 4.02. The standard InChI is InChI=1S/C9H10O.2BrH/c1-2-9(10)8-6-4-3-5-7-8;;/h3-7H,2H2,1H3;2*1H. The summed E-state index contributed by atoms with van der Waals surface area (Å²) in [4.78, 5) is 11.0. The van der Waals surface area contributed by atoms with Crippen molar-refractivity contribution in [2.45, 2.75) is 13.3 Å². The molecule has 0 aliphatic rings. The van der Waals surface area contributed by atoms with Crippen molar-refractivity contribution in [2.75, 3.05) is 0 Å². The van der Waals surface area contributed by atoms with Crippen molar-refractivity contribution in [3.63, 3.8) is 0 Å². The van der Waals surface area contributed by atoms with E-state index in [0.29, 0.717) is 6.42 Å². The van der Waals surface area contributed by atoms with E-state index in [0.717, 1.165) is 5.56 Å². The Morgan fingerprint density at radius 3 is 2.08 bits per heavy atom. The molecule has 0 heterocycles. The van der Waals surface area contributed by atoms with Crippen LogP contribution < -0.4 is 0 Å². The van der Waals surface area contributed by atoms with Gasteiger partial charge in [-0.1, -0.05) is 37.3 Å². The predicted molar refractivity (Wildman–Crippen MR) is 61.7 cm³/mol. The maximum absolute atomic E-state index is 11.0. The van der Waals surface area contributed by atoms with Crippen LogP contribution in [0.4, 0.5) is 0 Å². The fourth-order valence-corrected chi connectivity index (χ4v) is 0.828. The molecule has 0 atom stereocenters. The van der Waals surface area contributed by atoms with Crippen molar-refractivity contribution in [1.29, 1.82) is 0 Å². The monoisotopic (exact) mass is 294 g/mol. The zero-order valence-electron chi connectivity index (χ0n) is 6.82. The number of hydrogen-bond donors (Lipinski definition) is 0. The Bertz CT molecular complexity index is 221. The fourth-order valence-electron chi connectivity index (χ4n) is 0.828. The van der Waals surface area contributed by atoms with Gasteiger partial charge in [0.1, 0.15) is 0 Å². The van der Waals surface area contributed by atoms with Gasteiger partial charge < -0.3 is 0 Å². The molecule has 3 heteroatoms. The highest BCUT2D eigenvalue weighted by molar-refractivity contribution is 8.93. The van der Waals surface area contributed by atoms with Crippen LogP contribution in [-0.2, 0) is 0 Å². The van der Waals surface area contributed by atoms with E-state index >= 15 is 0 Å². The molecule has 0 aliphatic heterocycles. The van der Waals surface area contributed by atoms with Gasteiger partial charge in [-0.15, -0.1) is 34.0 Å². The number of ketones is 1. The lowest BCUT2D eigenvalue weighted by Gasteiger charge is -1.93. The van der Waals surface area contributed by atoms with Crippen LogP contribution in [-0.4, -0.2) is 5.78 Å². The molecule has 0 saturated carbocycles. The smallest absolute Gasteiger partial charge is 0.162 e. The minimum atomic E-state index is 0. The molecule has 0 N–H and O–H groups in total. The molecule has 0 spiro atoms. The quantitative estimate of drug-likeness (QED) is 0.764. The highest BCUT2D eigenvalue weighted by atomic mass is 79.9. The summed E-state index contributed by atoms with van der Waals surface area (Å²) in [6.07, 6.45) is 0.587. The number of hydrogen-bond acceptors (Lipinski definition) is 1. The zero-order valence-corrected chi connectivity index (χ0v) is 10.2. The summed E-state index contributed by atoms with van der Waals surface area (Å²) >= 11 is 0. The second-order valence-corrected chi connectivity index (χ2v) is 2.14. The Labute approximate surface area is 93.7 Å². The van der Waals surface area contributed by atoms with Gasteiger partial charge in [0.25, 0.3) is 0 Å². The number of rotatable bonds is 2. The summed E-state index contributed by atoms with van der Waals surface area (Å²) in [6, 6.07) is 9.34. The van der Waals surface area contributed by atoms with Crippen molar-refractivity contribution < 1.29 is 4.79 Å². The molecule has 1 aromatic rings. The molecule has 12 heavy (non-hydrogen) atoms. The first-order valence-electron chi connectivity index (χ1n) is 3.43. The normalized spacial score (nSPS) is 7.75. The summed E-state index contributed by atoms with van der Waals surface area (Å²) < 4.78 is 0. The lowest BCUT2D eigenvalue weighted by molar-refractivity contribution is 0.0988. The molecule has 0 unspecified atom stereocenters. The lowest BCUT2D eigenvalue weighted by Crippen LogP contribution is -1.94. The van der Waals surface area contributed by atoms with Crippen LogP contribution in [0.3, 0.4) is 0 Å². The van der Waals surface area contributed by atoms with Crippen molar-refractivity contribution >= 4 is 39.7 Å². The molecule has 0 fully saturated rings. The first kappa shape index (κ1) is 14.4. The molecule has 0 radical (unpaired) electrons. The van der Waals surface area contributed by atoms with E-state index in [2.05, 4.69) is 0 Å². The van der Waals surface area contributed by atoms with Crippen molar-refractivity contribution in [1.82, 2.24) is 0 Å². The first-order valence-corrected chi connectivity index (χ1v) is 3.43. The van der Waals surface area contributed by atoms with Crippen LogP contribution >= 0.6 is 34.0 Å². The van der Waals surface area contributed by atoms with E-state index in [1.165, 1.54) is 0 Å². The second kappa shape index (κ2) is 7.50. The fraction of sp³-hybridized carbons (Fsp3) is 0.222. The van der Waals surface area contributed by atoms with Crippen molar-refractivity contribution in [3.05, 3.63) is 35.9 Å². The molecule has 68 valence electrons. The number of halogens is 2. The van der Waals surface area contributed by atoms with Gasteiger partial charge in [-0.3, -0.25) is 4.79 Å². The van der Waals surface area contributed by atoms with Gasteiger partial charge in [0, 0.05) is 12.0 Å². The molecule has 0 bridgehead atoms. The largest absolute Gasteiger partial charge is 0.294 e. The minimum Gasteiger partial charge on any atom is -0.294 e.